The van der Waals surface area contributed by atoms with Gasteiger partial charge in [-0.3, -0.25) is 0 Å². The highest BCUT2D eigenvalue weighted by Crippen LogP contribution is 2.23. The van der Waals surface area contributed by atoms with Gasteiger partial charge in [0, 0.05) is 4.47 Å². The van der Waals surface area contributed by atoms with E-state index in [-0.39, 0.29) is 0 Å². The predicted octanol–water partition coefficient (Wildman–Crippen LogP) is 4.55. The summed E-state index contributed by atoms with van der Waals surface area (Å²) in [7, 11) is 0. The Morgan fingerprint density at radius 3 is 2.52 bits per heavy atom. The van der Waals surface area contributed by atoms with E-state index in [0.717, 1.165) is 22.1 Å². The SMILES string of the molecule is CC(C)c1ccc(Cn2c(N)nc3ccc(Br)cc32)cc1. The van der Waals surface area contributed by atoms with E-state index in [1.807, 2.05) is 16.7 Å². The molecule has 0 radical (unpaired) electrons. The predicted molar refractivity (Wildman–Crippen MR) is 91.5 cm³/mol. The van der Waals surface area contributed by atoms with Gasteiger partial charge in [-0.25, -0.2) is 4.98 Å². The van der Waals surface area contributed by atoms with Crippen molar-refractivity contribution in [3.05, 3.63) is 58.1 Å². The van der Waals surface area contributed by atoms with Gasteiger partial charge in [0.15, 0.2) is 0 Å². The number of halogens is 1. The number of hydrogen-bond acceptors (Lipinski definition) is 2. The maximum Gasteiger partial charge on any atom is 0.201 e. The molecule has 0 aliphatic heterocycles. The molecule has 21 heavy (non-hydrogen) atoms. The van der Waals surface area contributed by atoms with Crippen LogP contribution >= 0.6 is 15.9 Å². The van der Waals surface area contributed by atoms with Gasteiger partial charge >= 0.3 is 0 Å². The van der Waals surface area contributed by atoms with Crippen LogP contribution in [-0.4, -0.2) is 9.55 Å². The minimum atomic E-state index is 0.550. The van der Waals surface area contributed by atoms with Crippen molar-refractivity contribution < 1.29 is 0 Å². The van der Waals surface area contributed by atoms with Crippen molar-refractivity contribution in [1.82, 2.24) is 9.55 Å². The lowest BCUT2D eigenvalue weighted by molar-refractivity contribution is 0.830. The molecule has 0 saturated carbocycles. The van der Waals surface area contributed by atoms with Gasteiger partial charge in [-0.1, -0.05) is 54.0 Å². The first kappa shape index (κ1) is 14.1. The minimum Gasteiger partial charge on any atom is -0.369 e. The summed E-state index contributed by atoms with van der Waals surface area (Å²) in [5.41, 5.74) is 10.6. The van der Waals surface area contributed by atoms with Crippen LogP contribution in [0, 0.1) is 0 Å². The Labute approximate surface area is 132 Å². The van der Waals surface area contributed by atoms with Crippen LogP contribution in [0.3, 0.4) is 0 Å². The number of nitrogens with zero attached hydrogens (tertiary/aromatic N) is 2. The third kappa shape index (κ3) is 2.81. The molecular formula is C17H18BrN3. The Hall–Kier alpha value is -1.81. The number of hydrogen-bond donors (Lipinski definition) is 1. The van der Waals surface area contributed by atoms with Crippen LogP contribution < -0.4 is 5.73 Å². The zero-order valence-electron chi connectivity index (χ0n) is 12.2. The van der Waals surface area contributed by atoms with Gasteiger partial charge in [-0.15, -0.1) is 0 Å². The van der Waals surface area contributed by atoms with E-state index in [4.69, 9.17) is 5.73 Å². The molecule has 0 amide bonds. The van der Waals surface area contributed by atoms with Crippen LogP contribution in [0.15, 0.2) is 46.9 Å². The van der Waals surface area contributed by atoms with Crippen molar-refractivity contribution in [2.45, 2.75) is 26.3 Å². The first-order chi connectivity index (χ1) is 10.0. The molecule has 0 aliphatic carbocycles. The van der Waals surface area contributed by atoms with E-state index in [1.165, 1.54) is 11.1 Å². The van der Waals surface area contributed by atoms with E-state index < -0.39 is 0 Å². The zero-order valence-corrected chi connectivity index (χ0v) is 13.8. The fourth-order valence-electron chi connectivity index (χ4n) is 2.47. The molecule has 0 fully saturated rings. The van der Waals surface area contributed by atoms with Crippen molar-refractivity contribution in [1.29, 1.82) is 0 Å². The second-order valence-electron chi connectivity index (χ2n) is 5.59. The average Bonchev–Trinajstić information content (AvgIpc) is 2.76. The number of benzene rings is 2. The van der Waals surface area contributed by atoms with Gasteiger partial charge in [-0.05, 0) is 35.2 Å². The summed E-state index contributed by atoms with van der Waals surface area (Å²) in [5, 5.41) is 0. The summed E-state index contributed by atoms with van der Waals surface area (Å²) in [6.45, 7) is 5.14. The number of nitrogens with two attached hydrogens (primary N) is 1. The van der Waals surface area contributed by atoms with Crippen LogP contribution in [0.25, 0.3) is 11.0 Å². The van der Waals surface area contributed by atoms with Crippen molar-refractivity contribution in [2.75, 3.05) is 5.73 Å². The second-order valence-corrected chi connectivity index (χ2v) is 6.50. The van der Waals surface area contributed by atoms with E-state index in [0.29, 0.717) is 11.9 Å². The summed E-state index contributed by atoms with van der Waals surface area (Å²) in [6.07, 6.45) is 0. The molecule has 2 N–H and O–H groups in total. The summed E-state index contributed by atoms with van der Waals surface area (Å²) in [4.78, 5) is 4.42. The molecule has 1 aromatic heterocycles. The highest BCUT2D eigenvalue weighted by atomic mass is 79.9. The second kappa shape index (κ2) is 5.53. The molecule has 0 atom stereocenters. The van der Waals surface area contributed by atoms with Crippen LogP contribution in [-0.2, 0) is 6.54 Å². The molecular weight excluding hydrogens is 326 g/mol. The average molecular weight is 344 g/mol. The van der Waals surface area contributed by atoms with Crippen LogP contribution in [0.2, 0.25) is 0 Å². The molecule has 0 spiro atoms. The smallest absolute Gasteiger partial charge is 0.201 e. The Morgan fingerprint density at radius 1 is 1.14 bits per heavy atom. The third-order valence-electron chi connectivity index (χ3n) is 3.73. The largest absolute Gasteiger partial charge is 0.369 e. The fraction of sp³-hybridized carbons (Fsp3) is 0.235. The zero-order chi connectivity index (χ0) is 15.0. The third-order valence-corrected chi connectivity index (χ3v) is 4.22. The summed E-state index contributed by atoms with van der Waals surface area (Å²) in [6, 6.07) is 14.7. The number of anilines is 1. The lowest BCUT2D eigenvalue weighted by atomic mass is 10.0. The maximum atomic E-state index is 6.07. The Morgan fingerprint density at radius 2 is 1.86 bits per heavy atom. The van der Waals surface area contributed by atoms with Crippen LogP contribution in [0.1, 0.15) is 30.9 Å². The standard InChI is InChI=1S/C17H18BrN3/c1-11(2)13-5-3-12(4-6-13)10-21-16-9-14(18)7-8-15(16)20-17(21)19/h3-9,11H,10H2,1-2H3,(H2,19,20). The number of aromatic nitrogens is 2. The number of fused-ring (bicyclic) bond motifs is 1. The molecule has 0 unspecified atom stereocenters. The van der Waals surface area contributed by atoms with Gasteiger partial charge < -0.3 is 10.3 Å². The highest BCUT2D eigenvalue weighted by molar-refractivity contribution is 9.10. The Balaban J connectivity index is 1.97. The first-order valence-corrected chi connectivity index (χ1v) is 7.84. The van der Waals surface area contributed by atoms with Gasteiger partial charge in [0.2, 0.25) is 5.95 Å². The number of rotatable bonds is 3. The molecule has 3 nitrogen and oxygen atoms in total. The van der Waals surface area contributed by atoms with Crippen molar-refractivity contribution in [2.24, 2.45) is 0 Å². The molecule has 1 heterocycles. The summed E-state index contributed by atoms with van der Waals surface area (Å²) >= 11 is 3.50. The monoisotopic (exact) mass is 343 g/mol. The van der Waals surface area contributed by atoms with Gasteiger partial charge in [0.25, 0.3) is 0 Å². The molecule has 2 aromatic carbocycles. The molecule has 4 heteroatoms. The topological polar surface area (TPSA) is 43.8 Å². The maximum absolute atomic E-state index is 6.07. The van der Waals surface area contributed by atoms with E-state index in [9.17, 15) is 0 Å². The van der Waals surface area contributed by atoms with Gasteiger partial charge in [-0.2, -0.15) is 0 Å². The molecule has 0 aliphatic rings. The van der Waals surface area contributed by atoms with Gasteiger partial charge in [0.1, 0.15) is 0 Å². The molecule has 0 bridgehead atoms. The van der Waals surface area contributed by atoms with Gasteiger partial charge in [0.05, 0.1) is 17.6 Å². The van der Waals surface area contributed by atoms with Crippen LogP contribution in [0.5, 0.6) is 0 Å². The summed E-state index contributed by atoms with van der Waals surface area (Å²) < 4.78 is 3.08. The lowest BCUT2D eigenvalue weighted by Crippen LogP contribution is -2.04. The summed E-state index contributed by atoms with van der Waals surface area (Å²) in [5.74, 6) is 1.10. The quantitative estimate of drug-likeness (QED) is 0.757. The van der Waals surface area contributed by atoms with E-state index in [1.54, 1.807) is 0 Å². The lowest BCUT2D eigenvalue weighted by Gasteiger charge is -2.09. The molecule has 3 rings (SSSR count). The van der Waals surface area contributed by atoms with E-state index in [2.05, 4.69) is 65.1 Å². The Bertz CT molecular complexity index is 773. The van der Waals surface area contributed by atoms with Crippen molar-refractivity contribution in [3.63, 3.8) is 0 Å². The van der Waals surface area contributed by atoms with Crippen molar-refractivity contribution in [3.8, 4) is 0 Å². The fourth-order valence-corrected chi connectivity index (χ4v) is 2.82. The first-order valence-electron chi connectivity index (χ1n) is 7.04. The van der Waals surface area contributed by atoms with Crippen LogP contribution in [0.4, 0.5) is 5.95 Å². The number of nitrogen functional groups attached to an aromatic ring is 1. The minimum absolute atomic E-state index is 0.550. The Kier molecular flexibility index (Phi) is 3.72. The molecule has 0 saturated heterocycles. The van der Waals surface area contributed by atoms with E-state index >= 15 is 0 Å². The number of imidazole rings is 1. The van der Waals surface area contributed by atoms with Crippen molar-refractivity contribution >= 4 is 32.9 Å². The molecule has 3 aromatic rings. The highest BCUT2D eigenvalue weighted by Gasteiger charge is 2.09. The normalized spacial score (nSPS) is 11.4. The molecule has 108 valence electrons.